The SMILES string of the molecule is CCOP(=O)(OCC)n1c(=O)c(C)cn([C@H]2C[C@H](O)[C@@H](CO[Si](C)(C)C(C)(C)C)O2)c1=O. The van der Waals surface area contributed by atoms with Crippen molar-refractivity contribution in [2.75, 3.05) is 19.8 Å². The van der Waals surface area contributed by atoms with Crippen LogP contribution in [0.4, 0.5) is 0 Å². The van der Waals surface area contributed by atoms with Crippen molar-refractivity contribution in [2.45, 2.75) is 84.5 Å². The van der Waals surface area contributed by atoms with Crippen LogP contribution >= 0.6 is 7.75 Å². The van der Waals surface area contributed by atoms with Gasteiger partial charge in [0.05, 0.1) is 25.9 Å². The Balaban J connectivity index is 2.37. The van der Waals surface area contributed by atoms with Gasteiger partial charge in [-0.05, 0) is 38.9 Å². The van der Waals surface area contributed by atoms with Crippen LogP contribution in [-0.4, -0.2) is 54.4 Å². The van der Waals surface area contributed by atoms with Gasteiger partial charge in [-0.3, -0.25) is 18.4 Å². The van der Waals surface area contributed by atoms with Gasteiger partial charge in [-0.25, -0.2) is 9.36 Å². The lowest BCUT2D eigenvalue weighted by molar-refractivity contribution is -0.0435. The van der Waals surface area contributed by atoms with Crippen LogP contribution in [0.1, 0.15) is 52.8 Å². The molecule has 0 radical (unpaired) electrons. The molecule has 2 rings (SSSR count). The summed E-state index contributed by atoms with van der Waals surface area (Å²) < 4.78 is 37.5. The highest BCUT2D eigenvalue weighted by atomic mass is 31.2. The molecule has 1 aromatic rings. The quantitative estimate of drug-likeness (QED) is 0.413. The minimum Gasteiger partial charge on any atom is -0.414 e. The van der Waals surface area contributed by atoms with E-state index in [2.05, 4.69) is 33.9 Å². The number of hydrogen-bond donors (Lipinski definition) is 1. The van der Waals surface area contributed by atoms with Crippen LogP contribution in [0.25, 0.3) is 0 Å². The lowest BCUT2D eigenvalue weighted by atomic mass is 10.2. The summed E-state index contributed by atoms with van der Waals surface area (Å²) >= 11 is 0. The Hall–Kier alpha value is -1.07. The number of nitrogens with zero attached hydrogens (tertiary/aromatic N) is 2. The summed E-state index contributed by atoms with van der Waals surface area (Å²) in [5.41, 5.74) is -1.47. The third kappa shape index (κ3) is 5.52. The number of aliphatic hydroxyl groups is 1. The van der Waals surface area contributed by atoms with Crippen LogP contribution in [-0.2, 0) is 22.8 Å². The van der Waals surface area contributed by atoms with Gasteiger partial charge in [0, 0.05) is 18.2 Å². The van der Waals surface area contributed by atoms with Crippen molar-refractivity contribution in [3.63, 3.8) is 0 Å². The Bertz CT molecular complexity index is 958. The third-order valence-electron chi connectivity index (χ3n) is 6.02. The fraction of sp³-hybridized carbons (Fsp3) is 0.800. The van der Waals surface area contributed by atoms with E-state index in [1.165, 1.54) is 13.1 Å². The molecule has 0 bridgehead atoms. The maximum Gasteiger partial charge on any atom is 0.446 e. The molecule has 1 N–H and O–H groups in total. The molecule has 1 aliphatic rings. The zero-order chi connectivity index (χ0) is 24.5. The second-order valence-corrected chi connectivity index (χ2v) is 16.1. The molecule has 1 aromatic heterocycles. The van der Waals surface area contributed by atoms with Gasteiger partial charge in [0.15, 0.2) is 8.32 Å². The molecule has 32 heavy (non-hydrogen) atoms. The highest BCUT2D eigenvalue weighted by molar-refractivity contribution is 7.52. The monoisotopic (exact) mass is 492 g/mol. The molecule has 12 heteroatoms. The zero-order valence-electron chi connectivity index (χ0n) is 20.3. The van der Waals surface area contributed by atoms with Gasteiger partial charge in [0.25, 0.3) is 5.56 Å². The molecule has 2 heterocycles. The van der Waals surface area contributed by atoms with Crippen LogP contribution < -0.4 is 11.2 Å². The van der Waals surface area contributed by atoms with Crippen molar-refractivity contribution >= 4 is 16.1 Å². The molecule has 0 unspecified atom stereocenters. The molecule has 1 fully saturated rings. The summed E-state index contributed by atoms with van der Waals surface area (Å²) in [6, 6.07) is 0. The van der Waals surface area contributed by atoms with E-state index in [1.54, 1.807) is 13.8 Å². The molecular formula is C20H37N2O8PSi. The van der Waals surface area contributed by atoms with Gasteiger partial charge in [-0.1, -0.05) is 20.8 Å². The average Bonchev–Trinajstić information content (AvgIpc) is 3.03. The molecule has 1 aliphatic heterocycles. The van der Waals surface area contributed by atoms with Crippen molar-refractivity contribution in [2.24, 2.45) is 0 Å². The smallest absolute Gasteiger partial charge is 0.414 e. The molecule has 1 saturated heterocycles. The highest BCUT2D eigenvalue weighted by Crippen LogP contribution is 2.47. The fourth-order valence-electron chi connectivity index (χ4n) is 3.13. The molecule has 10 nitrogen and oxygen atoms in total. The van der Waals surface area contributed by atoms with Crippen LogP contribution in [0.15, 0.2) is 15.8 Å². The van der Waals surface area contributed by atoms with E-state index < -0.39 is 45.7 Å². The first kappa shape index (κ1) is 27.2. The normalized spacial score (nSPS) is 22.5. The first-order chi connectivity index (χ1) is 14.7. The van der Waals surface area contributed by atoms with E-state index >= 15 is 0 Å². The zero-order valence-corrected chi connectivity index (χ0v) is 22.2. The molecule has 3 atom stereocenters. The van der Waals surface area contributed by atoms with E-state index in [-0.39, 0.29) is 36.8 Å². The molecule has 0 saturated carbocycles. The highest BCUT2D eigenvalue weighted by Gasteiger charge is 2.42. The average molecular weight is 493 g/mol. The first-order valence-corrected chi connectivity index (χ1v) is 15.3. The predicted octanol–water partition coefficient (Wildman–Crippen LogP) is 3.02. The van der Waals surface area contributed by atoms with Gasteiger partial charge in [0.2, 0.25) is 0 Å². The standard InChI is InChI=1S/C20H37N2O8PSi/c1-9-27-31(26,28-10-2)22-18(24)14(3)12-21(19(22)25)17-11-15(23)16(30-17)13-29-32(7,8)20(4,5)6/h12,15-17,23H,9-11,13H2,1-8H3/t15-,16+,17+/m0/s1. The molecule has 0 aliphatic carbocycles. The first-order valence-electron chi connectivity index (χ1n) is 10.9. The molecule has 0 aromatic carbocycles. The minimum absolute atomic E-state index is 0.000773. The summed E-state index contributed by atoms with van der Waals surface area (Å²) in [5.74, 6) is 0. The summed E-state index contributed by atoms with van der Waals surface area (Å²) in [7, 11) is -6.25. The van der Waals surface area contributed by atoms with Crippen molar-refractivity contribution in [1.82, 2.24) is 8.90 Å². The summed E-state index contributed by atoms with van der Waals surface area (Å²) in [6.45, 7) is 15.4. The van der Waals surface area contributed by atoms with Crippen LogP contribution in [0.2, 0.25) is 18.1 Å². The fourth-order valence-corrected chi connectivity index (χ4v) is 5.79. The second-order valence-electron chi connectivity index (χ2n) is 9.43. The number of rotatable bonds is 9. The number of aryl methyl sites for hydroxylation is 1. The Morgan fingerprint density at radius 2 is 1.78 bits per heavy atom. The number of aromatic nitrogens is 2. The second kappa shape index (κ2) is 10.0. The van der Waals surface area contributed by atoms with Gasteiger partial charge < -0.3 is 14.3 Å². The predicted molar refractivity (Wildman–Crippen MR) is 124 cm³/mol. The number of ether oxygens (including phenoxy) is 1. The van der Waals surface area contributed by atoms with E-state index in [0.29, 0.717) is 4.34 Å². The lowest BCUT2D eigenvalue weighted by Gasteiger charge is -2.37. The van der Waals surface area contributed by atoms with Crippen LogP contribution in [0, 0.1) is 6.92 Å². The Morgan fingerprint density at radius 1 is 1.22 bits per heavy atom. The maximum absolute atomic E-state index is 13.2. The summed E-state index contributed by atoms with van der Waals surface area (Å²) in [5, 5.41) is 10.6. The minimum atomic E-state index is -4.19. The van der Waals surface area contributed by atoms with Crippen molar-refractivity contribution in [1.29, 1.82) is 0 Å². The summed E-state index contributed by atoms with van der Waals surface area (Å²) in [4.78, 5) is 25.9. The topological polar surface area (TPSA) is 118 Å². The largest absolute Gasteiger partial charge is 0.446 e. The van der Waals surface area contributed by atoms with Crippen LogP contribution in [0.5, 0.6) is 0 Å². The maximum atomic E-state index is 13.2. The Labute approximate surface area is 190 Å². The number of aliphatic hydroxyl groups excluding tert-OH is 1. The molecular weight excluding hydrogens is 455 g/mol. The van der Waals surface area contributed by atoms with Gasteiger partial charge in [-0.2, -0.15) is 4.34 Å². The van der Waals surface area contributed by atoms with Gasteiger partial charge in [-0.15, -0.1) is 0 Å². The molecule has 0 amide bonds. The van der Waals surface area contributed by atoms with Crippen molar-refractivity contribution < 1.29 is 27.9 Å². The van der Waals surface area contributed by atoms with Crippen LogP contribution in [0.3, 0.4) is 0 Å². The van der Waals surface area contributed by atoms with Gasteiger partial charge >= 0.3 is 13.4 Å². The van der Waals surface area contributed by atoms with E-state index in [4.69, 9.17) is 18.2 Å². The van der Waals surface area contributed by atoms with E-state index in [1.807, 2.05) is 0 Å². The Morgan fingerprint density at radius 3 is 2.28 bits per heavy atom. The lowest BCUT2D eigenvalue weighted by Crippen LogP contribution is -2.44. The third-order valence-corrected chi connectivity index (χ3v) is 12.5. The van der Waals surface area contributed by atoms with Crippen molar-refractivity contribution in [3.05, 3.63) is 32.6 Å². The summed E-state index contributed by atoms with van der Waals surface area (Å²) in [6.07, 6.45) is -0.878. The molecule has 184 valence electrons. The molecule has 0 spiro atoms. The number of hydrogen-bond acceptors (Lipinski definition) is 8. The van der Waals surface area contributed by atoms with E-state index in [0.717, 1.165) is 4.57 Å². The van der Waals surface area contributed by atoms with Gasteiger partial charge in [0.1, 0.15) is 12.3 Å². The van der Waals surface area contributed by atoms with E-state index in [9.17, 15) is 19.3 Å². The Kier molecular flexibility index (Phi) is 8.53. The van der Waals surface area contributed by atoms with Crippen molar-refractivity contribution in [3.8, 4) is 0 Å².